The van der Waals surface area contributed by atoms with Crippen molar-refractivity contribution in [2.45, 2.75) is 64.9 Å². The SMILES string of the molecule is CC(C)CN1CCC(O)(C2CCC(C)CC2)CC1. The predicted octanol–water partition coefficient (Wildman–Crippen LogP) is 3.30. The minimum atomic E-state index is -0.340. The quantitative estimate of drug-likeness (QED) is 0.834. The number of hydrogen-bond donors (Lipinski definition) is 1. The van der Waals surface area contributed by atoms with Gasteiger partial charge in [0.05, 0.1) is 5.60 Å². The molecule has 2 nitrogen and oxygen atoms in total. The fraction of sp³-hybridized carbons (Fsp3) is 1.00. The monoisotopic (exact) mass is 253 g/mol. The Balaban J connectivity index is 1.83. The van der Waals surface area contributed by atoms with Gasteiger partial charge in [0.2, 0.25) is 0 Å². The zero-order valence-electron chi connectivity index (χ0n) is 12.5. The minimum absolute atomic E-state index is 0.340. The van der Waals surface area contributed by atoms with E-state index < -0.39 is 0 Å². The molecule has 106 valence electrons. The van der Waals surface area contributed by atoms with E-state index in [-0.39, 0.29) is 5.60 Å². The third-order valence-corrected chi connectivity index (χ3v) is 5.12. The summed E-state index contributed by atoms with van der Waals surface area (Å²) in [6.45, 7) is 10.3. The lowest BCUT2D eigenvalue weighted by molar-refractivity contribution is -0.0814. The molecule has 1 N–H and O–H groups in total. The van der Waals surface area contributed by atoms with Gasteiger partial charge >= 0.3 is 0 Å². The van der Waals surface area contributed by atoms with E-state index in [0.29, 0.717) is 5.92 Å². The molecule has 0 amide bonds. The molecule has 2 aliphatic rings. The van der Waals surface area contributed by atoms with Crippen molar-refractivity contribution in [3.05, 3.63) is 0 Å². The van der Waals surface area contributed by atoms with E-state index in [1.165, 1.54) is 32.2 Å². The normalized spacial score (nSPS) is 33.8. The van der Waals surface area contributed by atoms with Gasteiger partial charge in [-0.15, -0.1) is 0 Å². The van der Waals surface area contributed by atoms with Crippen molar-refractivity contribution in [2.24, 2.45) is 17.8 Å². The van der Waals surface area contributed by atoms with E-state index in [4.69, 9.17) is 0 Å². The minimum Gasteiger partial charge on any atom is -0.390 e. The van der Waals surface area contributed by atoms with Crippen LogP contribution in [0, 0.1) is 17.8 Å². The Morgan fingerprint density at radius 1 is 1.11 bits per heavy atom. The van der Waals surface area contributed by atoms with Gasteiger partial charge < -0.3 is 10.0 Å². The summed E-state index contributed by atoms with van der Waals surface area (Å²) in [6, 6.07) is 0. The van der Waals surface area contributed by atoms with Crippen LogP contribution in [0.25, 0.3) is 0 Å². The third-order valence-electron chi connectivity index (χ3n) is 5.12. The van der Waals surface area contributed by atoms with Crippen LogP contribution in [0.15, 0.2) is 0 Å². The predicted molar refractivity (Wildman–Crippen MR) is 76.6 cm³/mol. The number of likely N-dealkylation sites (tertiary alicyclic amines) is 1. The molecule has 0 aromatic carbocycles. The lowest BCUT2D eigenvalue weighted by Gasteiger charge is -2.45. The van der Waals surface area contributed by atoms with Crippen molar-refractivity contribution in [1.29, 1.82) is 0 Å². The third kappa shape index (κ3) is 3.48. The summed E-state index contributed by atoms with van der Waals surface area (Å²) in [4.78, 5) is 2.53. The second-order valence-corrected chi connectivity index (χ2v) is 7.25. The van der Waals surface area contributed by atoms with Crippen molar-refractivity contribution < 1.29 is 5.11 Å². The van der Waals surface area contributed by atoms with E-state index in [1.807, 2.05) is 0 Å². The van der Waals surface area contributed by atoms with Gasteiger partial charge in [-0.1, -0.05) is 33.6 Å². The molecule has 1 saturated heterocycles. The molecule has 18 heavy (non-hydrogen) atoms. The van der Waals surface area contributed by atoms with E-state index >= 15 is 0 Å². The van der Waals surface area contributed by atoms with Crippen molar-refractivity contribution in [3.63, 3.8) is 0 Å². The molecule has 0 unspecified atom stereocenters. The van der Waals surface area contributed by atoms with E-state index in [2.05, 4.69) is 25.7 Å². The fourth-order valence-corrected chi connectivity index (χ4v) is 3.84. The van der Waals surface area contributed by atoms with Gasteiger partial charge in [0.15, 0.2) is 0 Å². The Labute approximate surface area is 113 Å². The highest BCUT2D eigenvalue weighted by molar-refractivity contribution is 4.93. The lowest BCUT2D eigenvalue weighted by atomic mass is 9.70. The molecule has 0 aromatic rings. The first-order valence-corrected chi connectivity index (χ1v) is 7.94. The van der Waals surface area contributed by atoms with Gasteiger partial charge in [-0.3, -0.25) is 0 Å². The number of hydrogen-bond acceptors (Lipinski definition) is 2. The summed E-state index contributed by atoms with van der Waals surface area (Å²) in [5, 5.41) is 10.9. The van der Waals surface area contributed by atoms with E-state index in [0.717, 1.165) is 37.8 Å². The summed E-state index contributed by atoms with van der Waals surface area (Å²) in [7, 11) is 0. The van der Waals surface area contributed by atoms with E-state index in [9.17, 15) is 5.11 Å². The zero-order valence-corrected chi connectivity index (χ0v) is 12.5. The second-order valence-electron chi connectivity index (χ2n) is 7.25. The van der Waals surface area contributed by atoms with Crippen LogP contribution >= 0.6 is 0 Å². The smallest absolute Gasteiger partial charge is 0.0700 e. The molecule has 1 saturated carbocycles. The van der Waals surface area contributed by atoms with Crippen LogP contribution in [0.3, 0.4) is 0 Å². The summed E-state index contributed by atoms with van der Waals surface area (Å²) >= 11 is 0. The molecule has 0 aromatic heterocycles. The highest BCUT2D eigenvalue weighted by atomic mass is 16.3. The Morgan fingerprint density at radius 3 is 2.17 bits per heavy atom. The number of aliphatic hydroxyl groups is 1. The Morgan fingerprint density at radius 2 is 1.67 bits per heavy atom. The highest BCUT2D eigenvalue weighted by Crippen LogP contribution is 2.40. The molecule has 0 atom stereocenters. The van der Waals surface area contributed by atoms with Crippen molar-refractivity contribution in [2.75, 3.05) is 19.6 Å². The maximum Gasteiger partial charge on any atom is 0.0700 e. The standard InChI is InChI=1S/C16H31NO/c1-13(2)12-17-10-8-16(18,9-11-17)15-6-4-14(3)5-7-15/h13-15,18H,4-12H2,1-3H3. The van der Waals surface area contributed by atoms with Crippen molar-refractivity contribution in [3.8, 4) is 0 Å². The average Bonchev–Trinajstić information content (AvgIpc) is 2.32. The molecule has 0 bridgehead atoms. The van der Waals surface area contributed by atoms with Crippen LogP contribution < -0.4 is 0 Å². The molecule has 0 spiro atoms. The van der Waals surface area contributed by atoms with Gasteiger partial charge in [-0.05, 0) is 43.4 Å². The van der Waals surface area contributed by atoms with Crippen molar-refractivity contribution in [1.82, 2.24) is 4.90 Å². The zero-order chi connectivity index (χ0) is 13.2. The first-order valence-electron chi connectivity index (χ1n) is 7.94. The second kappa shape index (κ2) is 5.92. The molecule has 0 radical (unpaired) electrons. The molecule has 1 heterocycles. The molecular formula is C16H31NO. The summed E-state index contributed by atoms with van der Waals surface area (Å²) in [5.74, 6) is 2.20. The Kier molecular flexibility index (Phi) is 4.71. The van der Waals surface area contributed by atoms with Gasteiger partial charge in [0, 0.05) is 19.6 Å². The number of nitrogens with zero attached hydrogens (tertiary/aromatic N) is 1. The number of rotatable bonds is 3. The Hall–Kier alpha value is -0.0800. The van der Waals surface area contributed by atoms with Crippen LogP contribution in [0.5, 0.6) is 0 Å². The first kappa shape index (κ1) is 14.3. The molecular weight excluding hydrogens is 222 g/mol. The first-order chi connectivity index (χ1) is 8.49. The molecule has 2 heteroatoms. The van der Waals surface area contributed by atoms with Crippen LogP contribution in [0.2, 0.25) is 0 Å². The van der Waals surface area contributed by atoms with E-state index in [1.54, 1.807) is 0 Å². The van der Waals surface area contributed by atoms with Crippen LogP contribution in [-0.2, 0) is 0 Å². The van der Waals surface area contributed by atoms with Gasteiger partial charge in [0.25, 0.3) is 0 Å². The van der Waals surface area contributed by atoms with Crippen LogP contribution in [0.4, 0.5) is 0 Å². The molecule has 1 aliphatic heterocycles. The Bertz CT molecular complexity index is 248. The topological polar surface area (TPSA) is 23.5 Å². The van der Waals surface area contributed by atoms with Gasteiger partial charge in [0.1, 0.15) is 0 Å². The van der Waals surface area contributed by atoms with Crippen molar-refractivity contribution >= 4 is 0 Å². The summed E-state index contributed by atoms with van der Waals surface area (Å²) < 4.78 is 0. The molecule has 2 rings (SSSR count). The van der Waals surface area contributed by atoms with Gasteiger partial charge in [-0.25, -0.2) is 0 Å². The maximum absolute atomic E-state index is 10.9. The molecule has 2 fully saturated rings. The summed E-state index contributed by atoms with van der Waals surface area (Å²) in [6.07, 6.45) is 7.15. The maximum atomic E-state index is 10.9. The summed E-state index contributed by atoms with van der Waals surface area (Å²) in [5.41, 5.74) is -0.340. The number of piperidine rings is 1. The van der Waals surface area contributed by atoms with Crippen LogP contribution in [-0.4, -0.2) is 35.2 Å². The average molecular weight is 253 g/mol. The van der Waals surface area contributed by atoms with Gasteiger partial charge in [-0.2, -0.15) is 0 Å². The lowest BCUT2D eigenvalue weighted by Crippen LogP contribution is -2.50. The largest absolute Gasteiger partial charge is 0.390 e. The van der Waals surface area contributed by atoms with Crippen LogP contribution in [0.1, 0.15) is 59.3 Å². The molecule has 1 aliphatic carbocycles. The highest BCUT2D eigenvalue weighted by Gasteiger charge is 2.40. The fourth-order valence-electron chi connectivity index (χ4n) is 3.84.